The van der Waals surface area contributed by atoms with Crippen LogP contribution in [0.3, 0.4) is 0 Å². The van der Waals surface area contributed by atoms with E-state index in [1.54, 1.807) is 0 Å². The van der Waals surface area contributed by atoms with Crippen LogP contribution in [0.5, 0.6) is 0 Å². The molecule has 0 radical (unpaired) electrons. The van der Waals surface area contributed by atoms with E-state index in [1.165, 1.54) is 31.4 Å². The predicted molar refractivity (Wildman–Crippen MR) is 81.8 cm³/mol. The molecule has 10 heteroatoms. The second-order valence-electron chi connectivity index (χ2n) is 4.03. The van der Waals surface area contributed by atoms with E-state index in [4.69, 9.17) is 23.2 Å². The summed E-state index contributed by atoms with van der Waals surface area (Å²) in [5.41, 5.74) is 0.176. The van der Waals surface area contributed by atoms with Gasteiger partial charge in [-0.3, -0.25) is 14.9 Å². The van der Waals surface area contributed by atoms with Crippen LogP contribution in [0.15, 0.2) is 24.4 Å². The van der Waals surface area contributed by atoms with Gasteiger partial charge in [-0.15, -0.1) is 0 Å². The molecule has 0 unspecified atom stereocenters. The molecule has 2 N–H and O–H groups in total. The molecule has 1 aromatic heterocycles. The Morgan fingerprint density at radius 3 is 2.73 bits per heavy atom. The van der Waals surface area contributed by atoms with Gasteiger partial charge in [0.25, 0.3) is 11.6 Å². The van der Waals surface area contributed by atoms with E-state index in [0.717, 1.165) is 0 Å². The number of aromatic nitrogens is 2. The van der Waals surface area contributed by atoms with Crippen molar-refractivity contribution >= 4 is 46.3 Å². The fourth-order valence-electron chi connectivity index (χ4n) is 1.64. The van der Waals surface area contributed by atoms with E-state index in [1.807, 2.05) is 0 Å². The average Bonchev–Trinajstić information content (AvgIpc) is 2.50. The Morgan fingerprint density at radius 2 is 2.09 bits per heavy atom. The quantitative estimate of drug-likeness (QED) is 0.502. The van der Waals surface area contributed by atoms with Crippen molar-refractivity contribution in [1.29, 1.82) is 0 Å². The molecule has 0 fully saturated rings. The minimum Gasteiger partial charge on any atom is -0.355 e. The first-order valence-electron chi connectivity index (χ1n) is 5.88. The van der Waals surface area contributed by atoms with E-state index in [-0.39, 0.29) is 33.1 Å². The summed E-state index contributed by atoms with van der Waals surface area (Å²) in [5.74, 6) is -0.291. The summed E-state index contributed by atoms with van der Waals surface area (Å²) in [7, 11) is 1.45. The Labute approximate surface area is 134 Å². The van der Waals surface area contributed by atoms with Crippen LogP contribution < -0.4 is 10.6 Å². The van der Waals surface area contributed by atoms with E-state index >= 15 is 0 Å². The number of nitrogens with zero attached hydrogens (tertiary/aromatic N) is 3. The molecular weight excluding hydrogens is 333 g/mol. The minimum atomic E-state index is -0.576. The van der Waals surface area contributed by atoms with Crippen molar-refractivity contribution in [2.75, 3.05) is 12.4 Å². The maximum absolute atomic E-state index is 11.8. The molecule has 0 aliphatic carbocycles. The van der Waals surface area contributed by atoms with Gasteiger partial charge in [0.15, 0.2) is 5.82 Å². The van der Waals surface area contributed by atoms with Gasteiger partial charge in [0.1, 0.15) is 5.02 Å². The Hall–Kier alpha value is -2.45. The van der Waals surface area contributed by atoms with Gasteiger partial charge in [-0.1, -0.05) is 11.6 Å². The molecule has 1 amide bonds. The number of hydrogen-bond acceptors (Lipinski definition) is 6. The number of rotatable bonds is 4. The number of hydrogen-bond donors (Lipinski definition) is 2. The van der Waals surface area contributed by atoms with E-state index in [0.29, 0.717) is 0 Å². The molecule has 0 spiro atoms. The Balaban J connectivity index is 2.51. The van der Waals surface area contributed by atoms with Gasteiger partial charge in [-0.05, 0) is 17.7 Å². The molecule has 8 nitrogen and oxygen atoms in total. The van der Waals surface area contributed by atoms with Crippen LogP contribution >= 0.6 is 23.2 Å². The van der Waals surface area contributed by atoms with Crippen LogP contribution in [0.2, 0.25) is 10.3 Å². The summed E-state index contributed by atoms with van der Waals surface area (Å²) in [5, 5.41) is 16.2. The molecule has 2 rings (SSSR count). The topological polar surface area (TPSA) is 110 Å². The average molecular weight is 342 g/mol. The first-order chi connectivity index (χ1) is 10.4. The van der Waals surface area contributed by atoms with Gasteiger partial charge in [-0.25, -0.2) is 4.98 Å². The van der Waals surface area contributed by atoms with E-state index < -0.39 is 10.8 Å². The molecule has 22 heavy (non-hydrogen) atoms. The first kappa shape index (κ1) is 15.9. The summed E-state index contributed by atoms with van der Waals surface area (Å²) in [6.45, 7) is 0. The smallest absolute Gasteiger partial charge is 0.271 e. The number of benzene rings is 1. The van der Waals surface area contributed by atoms with Crippen molar-refractivity contribution in [3.8, 4) is 0 Å². The van der Waals surface area contributed by atoms with E-state index in [9.17, 15) is 14.9 Å². The Bertz CT molecular complexity index is 754. The van der Waals surface area contributed by atoms with Gasteiger partial charge in [0.05, 0.1) is 22.4 Å². The summed E-state index contributed by atoms with van der Waals surface area (Å²) >= 11 is 11.6. The number of carbonyl (C=O) groups excluding carboxylic acids is 1. The maximum Gasteiger partial charge on any atom is 0.271 e. The second kappa shape index (κ2) is 6.54. The highest BCUT2D eigenvalue weighted by Crippen LogP contribution is 2.28. The number of nitrogens with one attached hydrogen (secondary N) is 2. The van der Waals surface area contributed by atoms with Gasteiger partial charge in [-0.2, -0.15) is 4.98 Å². The SMILES string of the molecule is CNC(=O)c1ccc([N+](=O)[O-])cc1Nc1nc(Cl)ncc1Cl. The van der Waals surface area contributed by atoms with Gasteiger partial charge in [0, 0.05) is 19.2 Å². The molecule has 0 saturated heterocycles. The number of non-ortho nitro benzene ring substituents is 1. The lowest BCUT2D eigenvalue weighted by molar-refractivity contribution is -0.384. The Kier molecular flexibility index (Phi) is 4.74. The molecule has 2 aromatic rings. The van der Waals surface area contributed by atoms with Crippen molar-refractivity contribution in [2.45, 2.75) is 0 Å². The van der Waals surface area contributed by atoms with Crippen LogP contribution in [-0.2, 0) is 0 Å². The normalized spacial score (nSPS) is 10.1. The highest BCUT2D eigenvalue weighted by molar-refractivity contribution is 6.33. The Morgan fingerprint density at radius 1 is 1.36 bits per heavy atom. The largest absolute Gasteiger partial charge is 0.355 e. The van der Waals surface area contributed by atoms with Gasteiger partial charge >= 0.3 is 0 Å². The van der Waals surface area contributed by atoms with Crippen LogP contribution in [0.1, 0.15) is 10.4 Å². The van der Waals surface area contributed by atoms with Crippen molar-refractivity contribution in [1.82, 2.24) is 15.3 Å². The van der Waals surface area contributed by atoms with Crippen LogP contribution in [0.25, 0.3) is 0 Å². The van der Waals surface area contributed by atoms with E-state index in [2.05, 4.69) is 20.6 Å². The predicted octanol–water partition coefficient (Wildman–Crippen LogP) is 2.79. The standard InChI is InChI=1S/C12H9Cl2N5O3/c1-15-11(20)7-3-2-6(19(21)22)4-9(7)17-10-8(13)5-16-12(14)18-10/h2-5H,1H3,(H,15,20)(H,16,17,18). The van der Waals surface area contributed by atoms with Crippen molar-refractivity contribution in [2.24, 2.45) is 0 Å². The minimum absolute atomic E-state index is 0.0566. The monoisotopic (exact) mass is 341 g/mol. The van der Waals surface area contributed by atoms with Gasteiger partial charge in [0.2, 0.25) is 5.28 Å². The fourth-order valence-corrected chi connectivity index (χ4v) is 1.91. The van der Waals surface area contributed by atoms with Crippen LogP contribution in [0, 0.1) is 10.1 Å². The molecule has 0 bridgehead atoms. The third-order valence-electron chi connectivity index (χ3n) is 2.65. The third kappa shape index (κ3) is 3.41. The van der Waals surface area contributed by atoms with Crippen molar-refractivity contribution < 1.29 is 9.72 Å². The lowest BCUT2D eigenvalue weighted by Gasteiger charge is -2.11. The zero-order chi connectivity index (χ0) is 16.3. The maximum atomic E-state index is 11.8. The highest BCUT2D eigenvalue weighted by atomic mass is 35.5. The molecule has 0 aliphatic heterocycles. The lowest BCUT2D eigenvalue weighted by atomic mass is 10.1. The molecule has 1 aromatic carbocycles. The number of anilines is 2. The van der Waals surface area contributed by atoms with Crippen LogP contribution in [-0.4, -0.2) is 27.8 Å². The molecule has 0 atom stereocenters. The summed E-state index contributed by atoms with van der Waals surface area (Å²) in [6, 6.07) is 3.76. The number of halogens is 2. The zero-order valence-electron chi connectivity index (χ0n) is 11.1. The molecular formula is C12H9Cl2N5O3. The number of nitro groups is 1. The van der Waals surface area contributed by atoms with Gasteiger partial charge < -0.3 is 10.6 Å². The summed E-state index contributed by atoms with van der Waals surface area (Å²) in [6.07, 6.45) is 1.27. The number of amides is 1. The van der Waals surface area contributed by atoms with Crippen LogP contribution in [0.4, 0.5) is 17.2 Å². The molecule has 1 heterocycles. The number of nitro benzene ring substituents is 1. The fraction of sp³-hybridized carbons (Fsp3) is 0.0833. The summed E-state index contributed by atoms with van der Waals surface area (Å²) < 4.78 is 0. The first-order valence-corrected chi connectivity index (χ1v) is 6.63. The number of carbonyl (C=O) groups is 1. The third-order valence-corrected chi connectivity index (χ3v) is 3.11. The lowest BCUT2D eigenvalue weighted by Crippen LogP contribution is -2.19. The second-order valence-corrected chi connectivity index (χ2v) is 4.77. The van der Waals surface area contributed by atoms with Crippen molar-refractivity contribution in [3.05, 3.63) is 50.4 Å². The highest BCUT2D eigenvalue weighted by Gasteiger charge is 2.17. The van der Waals surface area contributed by atoms with Crippen molar-refractivity contribution in [3.63, 3.8) is 0 Å². The molecule has 0 aliphatic rings. The molecule has 0 saturated carbocycles. The zero-order valence-corrected chi connectivity index (χ0v) is 12.6. The summed E-state index contributed by atoms with van der Waals surface area (Å²) in [4.78, 5) is 29.7. The molecule has 114 valence electrons.